The van der Waals surface area contributed by atoms with E-state index in [9.17, 15) is 29.4 Å². The molecular formula is C31H42N4O7S. The second-order valence-electron chi connectivity index (χ2n) is 11.3. The number of nitrogens with one attached hydrogen (secondary N) is 1. The molecule has 0 bridgehead atoms. The molecule has 12 heteroatoms. The van der Waals surface area contributed by atoms with Crippen LogP contribution in [0.1, 0.15) is 56.0 Å². The Morgan fingerprint density at radius 2 is 1.81 bits per heavy atom. The summed E-state index contributed by atoms with van der Waals surface area (Å²) in [7, 11) is 0. The minimum absolute atomic E-state index is 0.0450. The predicted octanol–water partition coefficient (Wildman–Crippen LogP) is 3.72. The molecular weight excluding hydrogens is 572 g/mol. The van der Waals surface area contributed by atoms with Gasteiger partial charge in [0.25, 0.3) is 17.7 Å². The van der Waals surface area contributed by atoms with Crippen molar-refractivity contribution in [2.75, 3.05) is 36.7 Å². The maximum Gasteiger partial charge on any atom is 0.410 e. The van der Waals surface area contributed by atoms with Crippen molar-refractivity contribution >= 4 is 41.3 Å². The number of para-hydroxylation sites is 1. The number of thioether (sulfide) groups is 1. The van der Waals surface area contributed by atoms with Crippen LogP contribution < -0.4 is 10.3 Å². The number of hydrogen-bond acceptors (Lipinski definition) is 8. The first-order chi connectivity index (χ1) is 20.4. The van der Waals surface area contributed by atoms with E-state index in [2.05, 4.69) is 5.32 Å². The van der Waals surface area contributed by atoms with E-state index >= 15 is 0 Å². The van der Waals surface area contributed by atoms with Crippen LogP contribution in [0.4, 0.5) is 10.5 Å². The molecule has 1 aliphatic rings. The number of hydrazine groups is 1. The number of likely N-dealkylation sites (tertiary alicyclic amines) is 1. The molecule has 3 rings (SSSR count). The van der Waals surface area contributed by atoms with Crippen molar-refractivity contribution in [1.29, 1.82) is 0 Å². The van der Waals surface area contributed by atoms with Gasteiger partial charge in [0.05, 0.1) is 18.8 Å². The van der Waals surface area contributed by atoms with E-state index in [-0.39, 0.29) is 24.3 Å². The number of anilines is 1. The minimum Gasteiger partial charge on any atom is -0.508 e. The molecule has 0 unspecified atom stereocenters. The Labute approximate surface area is 257 Å². The first-order valence-electron chi connectivity index (χ1n) is 14.3. The molecule has 0 saturated carbocycles. The van der Waals surface area contributed by atoms with Crippen LogP contribution in [0.2, 0.25) is 0 Å². The standard InChI is InChI=1S/C31H42N4O7S/c1-21-23(13-9-15-26(21)37)27(38)32-24(16-20-43-5)28(39)35(22-11-7-6-8-12-22)34(18-19-36)29(40)25-14-10-17-33(25)30(41)42-31(2,3)4/h6-9,11-13,15,24-25,36-37H,10,14,16-20H2,1-5H3,(H,32,38)/t24-,25-/m0/s1. The number of carbonyl (C=O) groups is 4. The molecule has 1 heterocycles. The smallest absolute Gasteiger partial charge is 0.410 e. The highest BCUT2D eigenvalue weighted by Crippen LogP contribution is 2.26. The summed E-state index contributed by atoms with van der Waals surface area (Å²) in [4.78, 5) is 56.2. The Morgan fingerprint density at radius 3 is 2.44 bits per heavy atom. The summed E-state index contributed by atoms with van der Waals surface area (Å²) in [6, 6.07) is 11.1. The zero-order valence-electron chi connectivity index (χ0n) is 25.4. The van der Waals surface area contributed by atoms with Gasteiger partial charge < -0.3 is 20.3 Å². The summed E-state index contributed by atoms with van der Waals surface area (Å²) < 4.78 is 5.54. The van der Waals surface area contributed by atoms with Crippen LogP contribution in [-0.4, -0.2) is 93.3 Å². The van der Waals surface area contributed by atoms with Crippen LogP contribution in [0.5, 0.6) is 5.75 Å². The molecule has 0 spiro atoms. The van der Waals surface area contributed by atoms with Crippen LogP contribution in [0, 0.1) is 6.92 Å². The van der Waals surface area contributed by atoms with Crippen molar-refractivity contribution in [3.05, 3.63) is 59.7 Å². The number of rotatable bonds is 10. The fourth-order valence-corrected chi connectivity index (χ4v) is 5.31. The van der Waals surface area contributed by atoms with Crippen molar-refractivity contribution in [1.82, 2.24) is 15.2 Å². The number of ether oxygens (including phenoxy) is 1. The molecule has 0 aromatic heterocycles. The third-order valence-electron chi connectivity index (χ3n) is 6.95. The number of carbonyl (C=O) groups excluding carboxylic acids is 4. The Bertz CT molecular complexity index is 1280. The Balaban J connectivity index is 2.01. The summed E-state index contributed by atoms with van der Waals surface area (Å²) in [5.74, 6) is -1.20. The topological polar surface area (TPSA) is 140 Å². The van der Waals surface area contributed by atoms with Crippen LogP contribution >= 0.6 is 11.8 Å². The maximum atomic E-state index is 14.4. The molecule has 3 N–H and O–H groups in total. The van der Waals surface area contributed by atoms with E-state index in [0.717, 1.165) is 5.01 Å². The molecule has 2 aromatic carbocycles. The highest BCUT2D eigenvalue weighted by Gasteiger charge is 2.42. The van der Waals surface area contributed by atoms with Crippen LogP contribution in [-0.2, 0) is 14.3 Å². The van der Waals surface area contributed by atoms with Gasteiger partial charge >= 0.3 is 6.09 Å². The average Bonchev–Trinajstić information content (AvgIpc) is 3.46. The van der Waals surface area contributed by atoms with Gasteiger partial charge in [0.15, 0.2) is 0 Å². The van der Waals surface area contributed by atoms with Gasteiger partial charge in [0, 0.05) is 17.7 Å². The fraction of sp³-hybridized carbons (Fsp3) is 0.484. The zero-order chi connectivity index (χ0) is 31.7. The van der Waals surface area contributed by atoms with Crippen molar-refractivity contribution in [2.24, 2.45) is 0 Å². The normalized spacial score (nSPS) is 15.5. The van der Waals surface area contributed by atoms with Gasteiger partial charge in [-0.05, 0) is 83.2 Å². The van der Waals surface area contributed by atoms with Crippen molar-refractivity contribution in [3.63, 3.8) is 0 Å². The molecule has 43 heavy (non-hydrogen) atoms. The molecule has 4 amide bonds. The number of aromatic hydroxyl groups is 1. The van der Waals surface area contributed by atoms with Gasteiger partial charge in [0.1, 0.15) is 23.4 Å². The lowest BCUT2D eigenvalue weighted by atomic mass is 10.1. The molecule has 11 nitrogen and oxygen atoms in total. The number of hydrogen-bond donors (Lipinski definition) is 3. The van der Waals surface area contributed by atoms with Crippen molar-refractivity contribution in [3.8, 4) is 5.75 Å². The Hall–Kier alpha value is -3.77. The number of phenols is 1. The van der Waals surface area contributed by atoms with E-state index in [1.807, 2.05) is 6.26 Å². The quantitative estimate of drug-likeness (QED) is 0.344. The van der Waals surface area contributed by atoms with E-state index in [1.165, 1.54) is 27.7 Å². The molecule has 1 aliphatic heterocycles. The van der Waals surface area contributed by atoms with Crippen LogP contribution in [0.15, 0.2) is 48.5 Å². The van der Waals surface area contributed by atoms with Crippen LogP contribution in [0.25, 0.3) is 0 Å². The summed E-state index contributed by atoms with van der Waals surface area (Å²) in [5.41, 5.74) is 0.181. The predicted molar refractivity (Wildman–Crippen MR) is 166 cm³/mol. The molecule has 1 fully saturated rings. The van der Waals surface area contributed by atoms with Crippen molar-refractivity contribution < 1.29 is 34.1 Å². The number of phenolic OH excluding ortho intramolecular Hbond substituents is 1. The summed E-state index contributed by atoms with van der Waals surface area (Å²) >= 11 is 1.50. The van der Waals surface area contributed by atoms with Gasteiger partial charge in [-0.3, -0.25) is 19.3 Å². The van der Waals surface area contributed by atoms with Gasteiger partial charge in [-0.25, -0.2) is 14.8 Å². The maximum absolute atomic E-state index is 14.4. The lowest BCUT2D eigenvalue weighted by molar-refractivity contribution is -0.141. The summed E-state index contributed by atoms with van der Waals surface area (Å²) in [6.45, 7) is 6.47. The monoisotopic (exact) mass is 614 g/mol. The second kappa shape index (κ2) is 15.1. The Morgan fingerprint density at radius 1 is 1.12 bits per heavy atom. The molecule has 0 aliphatic carbocycles. The molecule has 1 saturated heterocycles. The van der Waals surface area contributed by atoms with E-state index < -0.39 is 48.1 Å². The molecule has 2 atom stereocenters. The Kier molecular flexibility index (Phi) is 11.8. The highest BCUT2D eigenvalue weighted by molar-refractivity contribution is 7.98. The molecule has 2 aromatic rings. The zero-order valence-corrected chi connectivity index (χ0v) is 26.2. The SMILES string of the molecule is CSCC[C@H](NC(=O)c1cccc(O)c1C)C(=O)N(c1ccccc1)N(CCO)C(=O)[C@@H]1CCCN1C(=O)OC(C)(C)C. The molecule has 234 valence electrons. The van der Waals surface area contributed by atoms with E-state index in [0.29, 0.717) is 36.4 Å². The van der Waals surface area contributed by atoms with Gasteiger partial charge in [-0.1, -0.05) is 24.3 Å². The first-order valence-corrected chi connectivity index (χ1v) is 15.7. The van der Waals surface area contributed by atoms with Crippen LogP contribution in [0.3, 0.4) is 0 Å². The van der Waals surface area contributed by atoms with E-state index in [1.54, 1.807) is 70.2 Å². The number of aliphatic hydroxyl groups is 1. The first kappa shape index (κ1) is 33.7. The van der Waals surface area contributed by atoms with Crippen molar-refractivity contribution in [2.45, 2.75) is 64.6 Å². The fourth-order valence-electron chi connectivity index (χ4n) is 4.84. The summed E-state index contributed by atoms with van der Waals surface area (Å²) in [6.07, 6.45) is 2.43. The number of amides is 4. The summed E-state index contributed by atoms with van der Waals surface area (Å²) in [5, 5.41) is 25.3. The average molecular weight is 615 g/mol. The van der Waals surface area contributed by atoms with Gasteiger partial charge in [-0.2, -0.15) is 11.8 Å². The third-order valence-corrected chi connectivity index (χ3v) is 7.59. The third kappa shape index (κ3) is 8.64. The van der Waals surface area contributed by atoms with E-state index in [4.69, 9.17) is 4.74 Å². The lowest BCUT2D eigenvalue weighted by Crippen LogP contribution is -2.61. The highest BCUT2D eigenvalue weighted by atomic mass is 32.2. The second-order valence-corrected chi connectivity index (χ2v) is 12.2. The lowest BCUT2D eigenvalue weighted by Gasteiger charge is -2.39. The molecule has 0 radical (unpaired) electrons. The van der Waals surface area contributed by atoms with Gasteiger partial charge in [0.2, 0.25) is 0 Å². The largest absolute Gasteiger partial charge is 0.508 e. The number of aliphatic hydroxyl groups excluding tert-OH is 1. The number of benzene rings is 2. The minimum atomic E-state index is -1.05. The number of nitrogens with zero attached hydrogens (tertiary/aromatic N) is 3. The van der Waals surface area contributed by atoms with Gasteiger partial charge in [-0.15, -0.1) is 0 Å².